The Morgan fingerprint density at radius 2 is 1.95 bits per heavy atom. The third-order valence-corrected chi connectivity index (χ3v) is 4.89. The van der Waals surface area contributed by atoms with E-state index >= 15 is 0 Å². The summed E-state index contributed by atoms with van der Waals surface area (Å²) in [5, 5.41) is 0. The molecule has 0 aromatic heterocycles. The lowest BCUT2D eigenvalue weighted by Crippen LogP contribution is -2.40. The van der Waals surface area contributed by atoms with Crippen molar-refractivity contribution < 1.29 is 4.39 Å². The molecule has 2 aliphatic rings. The maximum atomic E-state index is 14.1. The Hall–Kier alpha value is -0.800. The average molecular weight is 297 g/mol. The number of likely N-dealkylation sites (tertiary alicyclic amines) is 1. The molecule has 2 aliphatic heterocycles. The highest BCUT2D eigenvalue weighted by Gasteiger charge is 2.29. The molecule has 4 heteroatoms. The number of rotatable bonds is 3. The lowest BCUT2D eigenvalue weighted by molar-refractivity contribution is 0.175. The van der Waals surface area contributed by atoms with Crippen LogP contribution in [0.4, 0.5) is 10.1 Å². The quantitative estimate of drug-likeness (QED) is 0.786. The fraction of sp³-hybridized carbons (Fsp3) is 0.625. The fourth-order valence-corrected chi connectivity index (χ4v) is 3.60. The van der Waals surface area contributed by atoms with Gasteiger partial charge in [-0.1, -0.05) is 12.5 Å². The standard InChI is InChI=1S/C16H22ClFN2/c17-11-13-4-5-16(15(18)10-13)20-9-6-14(12-20)19-7-2-1-3-8-19/h4-5,10,14H,1-3,6-9,11-12H2. The van der Waals surface area contributed by atoms with Crippen molar-refractivity contribution in [2.75, 3.05) is 31.1 Å². The molecule has 0 N–H and O–H groups in total. The van der Waals surface area contributed by atoms with Crippen LogP contribution in [0.15, 0.2) is 18.2 Å². The highest BCUT2D eigenvalue weighted by molar-refractivity contribution is 6.17. The van der Waals surface area contributed by atoms with Crippen LogP contribution < -0.4 is 4.90 Å². The number of piperidine rings is 1. The van der Waals surface area contributed by atoms with Crippen LogP contribution in [0.5, 0.6) is 0 Å². The van der Waals surface area contributed by atoms with Crippen molar-refractivity contribution in [2.45, 2.75) is 37.6 Å². The van der Waals surface area contributed by atoms with E-state index in [1.807, 2.05) is 12.1 Å². The van der Waals surface area contributed by atoms with Crippen molar-refractivity contribution in [1.82, 2.24) is 4.90 Å². The first-order valence-electron chi connectivity index (χ1n) is 7.61. The topological polar surface area (TPSA) is 6.48 Å². The van der Waals surface area contributed by atoms with E-state index < -0.39 is 0 Å². The van der Waals surface area contributed by atoms with E-state index in [0.29, 0.717) is 11.9 Å². The van der Waals surface area contributed by atoms with E-state index in [0.717, 1.165) is 30.8 Å². The van der Waals surface area contributed by atoms with Crippen molar-refractivity contribution in [3.8, 4) is 0 Å². The number of alkyl halides is 1. The average Bonchev–Trinajstić information content (AvgIpc) is 2.97. The van der Waals surface area contributed by atoms with E-state index in [9.17, 15) is 4.39 Å². The second-order valence-electron chi connectivity index (χ2n) is 5.90. The summed E-state index contributed by atoms with van der Waals surface area (Å²) in [6.07, 6.45) is 5.14. The molecule has 0 aliphatic carbocycles. The van der Waals surface area contributed by atoms with Crippen LogP contribution in [0.3, 0.4) is 0 Å². The van der Waals surface area contributed by atoms with E-state index in [2.05, 4.69) is 9.80 Å². The first-order valence-corrected chi connectivity index (χ1v) is 8.15. The molecule has 1 unspecified atom stereocenters. The highest BCUT2D eigenvalue weighted by atomic mass is 35.5. The smallest absolute Gasteiger partial charge is 0.146 e. The number of halogens is 2. The Kier molecular flexibility index (Phi) is 4.47. The molecule has 1 atom stereocenters. The lowest BCUT2D eigenvalue weighted by Gasteiger charge is -2.32. The first-order chi connectivity index (χ1) is 9.78. The molecule has 2 fully saturated rings. The third-order valence-electron chi connectivity index (χ3n) is 4.58. The molecule has 0 radical (unpaired) electrons. The summed E-state index contributed by atoms with van der Waals surface area (Å²) in [4.78, 5) is 4.78. The molecule has 2 saturated heterocycles. The third kappa shape index (κ3) is 2.94. The molecule has 1 aromatic rings. The monoisotopic (exact) mass is 296 g/mol. The van der Waals surface area contributed by atoms with Crippen LogP contribution in [-0.2, 0) is 5.88 Å². The van der Waals surface area contributed by atoms with Crippen LogP contribution >= 0.6 is 11.6 Å². The molecule has 2 heterocycles. The SMILES string of the molecule is Fc1cc(CCl)ccc1N1CCC(N2CCCCC2)C1. The van der Waals surface area contributed by atoms with Gasteiger partial charge >= 0.3 is 0 Å². The maximum Gasteiger partial charge on any atom is 0.146 e. The summed E-state index contributed by atoms with van der Waals surface area (Å²) < 4.78 is 14.1. The number of nitrogens with zero attached hydrogens (tertiary/aromatic N) is 2. The highest BCUT2D eigenvalue weighted by Crippen LogP contribution is 2.28. The fourth-order valence-electron chi connectivity index (χ4n) is 3.43. The molecule has 0 amide bonds. The van der Waals surface area contributed by atoms with Gasteiger partial charge in [-0.05, 0) is 50.0 Å². The minimum absolute atomic E-state index is 0.137. The van der Waals surface area contributed by atoms with Gasteiger partial charge in [0.2, 0.25) is 0 Å². The van der Waals surface area contributed by atoms with Crippen molar-refractivity contribution in [3.63, 3.8) is 0 Å². The number of hydrogen-bond donors (Lipinski definition) is 0. The van der Waals surface area contributed by atoms with Gasteiger partial charge in [-0.15, -0.1) is 11.6 Å². The van der Waals surface area contributed by atoms with Crippen LogP contribution in [0.2, 0.25) is 0 Å². The summed E-state index contributed by atoms with van der Waals surface area (Å²) in [6, 6.07) is 5.98. The largest absolute Gasteiger partial charge is 0.368 e. The van der Waals surface area contributed by atoms with Crippen LogP contribution in [0.25, 0.3) is 0 Å². The van der Waals surface area contributed by atoms with E-state index in [-0.39, 0.29) is 5.82 Å². The van der Waals surface area contributed by atoms with E-state index in [4.69, 9.17) is 11.6 Å². The zero-order chi connectivity index (χ0) is 13.9. The molecule has 0 saturated carbocycles. The van der Waals surface area contributed by atoms with Gasteiger partial charge in [0.05, 0.1) is 5.69 Å². The van der Waals surface area contributed by atoms with Gasteiger partial charge < -0.3 is 4.90 Å². The second kappa shape index (κ2) is 6.31. The van der Waals surface area contributed by atoms with Crippen molar-refractivity contribution >= 4 is 17.3 Å². The summed E-state index contributed by atoms with van der Waals surface area (Å²) >= 11 is 5.75. The summed E-state index contributed by atoms with van der Waals surface area (Å²) in [5.41, 5.74) is 1.58. The predicted octanol–water partition coefficient (Wildman–Crippen LogP) is 3.63. The van der Waals surface area contributed by atoms with Crippen molar-refractivity contribution in [2.24, 2.45) is 0 Å². The van der Waals surface area contributed by atoms with E-state index in [1.54, 1.807) is 6.07 Å². The molecular formula is C16H22ClFN2. The summed E-state index contributed by atoms with van der Waals surface area (Å²) in [5.74, 6) is 0.232. The van der Waals surface area contributed by atoms with Gasteiger partial charge in [-0.3, -0.25) is 4.90 Å². The van der Waals surface area contributed by atoms with Gasteiger partial charge in [0.25, 0.3) is 0 Å². The molecule has 20 heavy (non-hydrogen) atoms. The van der Waals surface area contributed by atoms with Crippen LogP contribution in [0.1, 0.15) is 31.2 Å². The van der Waals surface area contributed by atoms with E-state index in [1.165, 1.54) is 32.4 Å². The van der Waals surface area contributed by atoms with Crippen molar-refractivity contribution in [3.05, 3.63) is 29.6 Å². The van der Waals surface area contributed by atoms with Gasteiger partial charge in [-0.25, -0.2) is 4.39 Å². The Bertz CT molecular complexity index is 460. The molecule has 0 bridgehead atoms. The summed E-state index contributed by atoms with van der Waals surface area (Å²) in [7, 11) is 0. The van der Waals surface area contributed by atoms with Crippen LogP contribution in [-0.4, -0.2) is 37.1 Å². The minimum Gasteiger partial charge on any atom is -0.368 e. The molecule has 0 spiro atoms. The van der Waals surface area contributed by atoms with Crippen molar-refractivity contribution in [1.29, 1.82) is 0 Å². The number of anilines is 1. The maximum absolute atomic E-state index is 14.1. The molecule has 2 nitrogen and oxygen atoms in total. The molecule has 110 valence electrons. The zero-order valence-corrected chi connectivity index (χ0v) is 12.6. The molecule has 1 aromatic carbocycles. The van der Waals surface area contributed by atoms with Crippen LogP contribution in [0, 0.1) is 5.82 Å². The Labute approximate surface area is 125 Å². The Morgan fingerprint density at radius 3 is 2.65 bits per heavy atom. The minimum atomic E-state index is -0.137. The Balaban J connectivity index is 1.67. The predicted molar refractivity (Wildman–Crippen MR) is 82.0 cm³/mol. The Morgan fingerprint density at radius 1 is 1.15 bits per heavy atom. The first kappa shape index (κ1) is 14.2. The lowest BCUT2D eigenvalue weighted by atomic mass is 10.1. The van der Waals surface area contributed by atoms with Gasteiger partial charge in [0, 0.05) is 25.0 Å². The van der Waals surface area contributed by atoms with Gasteiger partial charge in [-0.2, -0.15) is 0 Å². The second-order valence-corrected chi connectivity index (χ2v) is 6.17. The van der Waals surface area contributed by atoms with Gasteiger partial charge in [0.15, 0.2) is 0 Å². The number of hydrogen-bond acceptors (Lipinski definition) is 2. The zero-order valence-electron chi connectivity index (χ0n) is 11.8. The molecule has 3 rings (SSSR count). The normalized spacial score (nSPS) is 24.3. The van der Waals surface area contributed by atoms with Gasteiger partial charge in [0.1, 0.15) is 5.82 Å². The molecular weight excluding hydrogens is 275 g/mol. The number of benzene rings is 1. The summed E-state index contributed by atoms with van der Waals surface area (Å²) in [6.45, 7) is 4.34.